The summed E-state index contributed by atoms with van der Waals surface area (Å²) in [6.45, 7) is 0. The van der Waals surface area contributed by atoms with E-state index in [1.807, 2.05) is 61.7 Å². The fraction of sp³-hybridized carbons (Fsp3) is 0.200. The van der Waals surface area contributed by atoms with E-state index in [1.165, 1.54) is 0 Å². The predicted molar refractivity (Wildman–Crippen MR) is 52.9 cm³/mol. The summed E-state index contributed by atoms with van der Waals surface area (Å²) >= 11 is 0. The molecule has 0 saturated heterocycles. The Labute approximate surface area is 73.5 Å². The van der Waals surface area contributed by atoms with Crippen molar-refractivity contribution in [2.75, 3.05) is 19.4 Å². The van der Waals surface area contributed by atoms with Crippen LogP contribution in [0.15, 0.2) is 42.7 Å². The van der Waals surface area contributed by atoms with E-state index in [0.717, 1.165) is 5.69 Å². The van der Waals surface area contributed by atoms with Crippen LogP contribution in [0.2, 0.25) is 0 Å². The second kappa shape index (κ2) is 4.44. The van der Waals surface area contributed by atoms with Crippen LogP contribution >= 0.6 is 0 Å². The Morgan fingerprint density at radius 2 is 1.83 bits per heavy atom. The molecule has 0 unspecified atom stereocenters. The van der Waals surface area contributed by atoms with Crippen LogP contribution in [-0.2, 0) is 0 Å². The summed E-state index contributed by atoms with van der Waals surface area (Å²) in [6.07, 6.45) is 3.88. The molecule has 0 aliphatic carbocycles. The normalized spacial score (nSPS) is 10.2. The Balaban J connectivity index is 2.43. The lowest BCUT2D eigenvalue weighted by molar-refractivity contribution is 0.563. The molecule has 1 aromatic rings. The minimum Gasteiger partial charge on any atom is -0.382 e. The van der Waals surface area contributed by atoms with Crippen LogP contribution in [0.5, 0.6) is 0 Å². The minimum atomic E-state index is 1.11. The largest absolute Gasteiger partial charge is 0.382 e. The van der Waals surface area contributed by atoms with Gasteiger partial charge in [-0.05, 0) is 12.1 Å². The first-order chi connectivity index (χ1) is 5.79. The van der Waals surface area contributed by atoms with Crippen LogP contribution in [0.4, 0.5) is 5.69 Å². The van der Waals surface area contributed by atoms with Crippen molar-refractivity contribution in [2.45, 2.75) is 0 Å². The molecular formula is C10H14N2. The maximum Gasteiger partial charge on any atom is 0.0380 e. The highest BCUT2D eigenvalue weighted by Gasteiger charge is 1.82. The third-order valence-electron chi connectivity index (χ3n) is 1.40. The van der Waals surface area contributed by atoms with Crippen molar-refractivity contribution >= 4 is 5.69 Å². The van der Waals surface area contributed by atoms with E-state index < -0.39 is 0 Å². The number of hydrogen-bond acceptors (Lipinski definition) is 2. The molecule has 0 aromatic heterocycles. The quantitative estimate of drug-likeness (QED) is 0.732. The highest BCUT2D eigenvalue weighted by Crippen LogP contribution is 2.03. The molecule has 1 rings (SSSR count). The van der Waals surface area contributed by atoms with E-state index in [2.05, 4.69) is 5.32 Å². The lowest BCUT2D eigenvalue weighted by Crippen LogP contribution is -2.01. The summed E-state index contributed by atoms with van der Waals surface area (Å²) in [5, 5.41) is 3.15. The van der Waals surface area contributed by atoms with E-state index in [1.54, 1.807) is 0 Å². The molecule has 0 aliphatic heterocycles. The first-order valence-electron chi connectivity index (χ1n) is 3.94. The van der Waals surface area contributed by atoms with Gasteiger partial charge in [-0.1, -0.05) is 18.2 Å². The van der Waals surface area contributed by atoms with Gasteiger partial charge in [-0.2, -0.15) is 0 Å². The molecule has 0 heterocycles. The Kier molecular flexibility index (Phi) is 3.20. The molecule has 64 valence electrons. The van der Waals surface area contributed by atoms with Crippen LogP contribution in [0.3, 0.4) is 0 Å². The Morgan fingerprint density at radius 3 is 2.42 bits per heavy atom. The second-order valence-electron chi connectivity index (χ2n) is 2.79. The van der Waals surface area contributed by atoms with Gasteiger partial charge in [-0.25, -0.2) is 0 Å². The summed E-state index contributed by atoms with van der Waals surface area (Å²) in [6, 6.07) is 10.1. The third kappa shape index (κ3) is 3.10. The topological polar surface area (TPSA) is 15.3 Å². The van der Waals surface area contributed by atoms with Crippen molar-refractivity contribution in [3.63, 3.8) is 0 Å². The van der Waals surface area contributed by atoms with Gasteiger partial charge in [-0.15, -0.1) is 0 Å². The third-order valence-corrected chi connectivity index (χ3v) is 1.40. The molecule has 2 heteroatoms. The smallest absolute Gasteiger partial charge is 0.0380 e. The monoisotopic (exact) mass is 162 g/mol. The lowest BCUT2D eigenvalue weighted by atomic mass is 10.3. The van der Waals surface area contributed by atoms with Gasteiger partial charge in [0.05, 0.1) is 0 Å². The van der Waals surface area contributed by atoms with Gasteiger partial charge >= 0.3 is 0 Å². The van der Waals surface area contributed by atoms with Crippen LogP contribution in [0.1, 0.15) is 0 Å². The Hall–Kier alpha value is -1.44. The summed E-state index contributed by atoms with van der Waals surface area (Å²) in [5.41, 5.74) is 1.11. The fourth-order valence-electron chi connectivity index (χ4n) is 0.817. The maximum absolute atomic E-state index is 3.15. The van der Waals surface area contributed by atoms with Crippen molar-refractivity contribution in [1.29, 1.82) is 0 Å². The van der Waals surface area contributed by atoms with Crippen molar-refractivity contribution in [3.05, 3.63) is 42.7 Å². The molecule has 0 radical (unpaired) electrons. The van der Waals surface area contributed by atoms with Crippen LogP contribution in [0, 0.1) is 0 Å². The highest BCUT2D eigenvalue weighted by atomic mass is 15.0. The maximum atomic E-state index is 3.15. The average molecular weight is 162 g/mol. The van der Waals surface area contributed by atoms with E-state index in [0.29, 0.717) is 0 Å². The van der Waals surface area contributed by atoms with E-state index >= 15 is 0 Å². The van der Waals surface area contributed by atoms with Crippen LogP contribution < -0.4 is 5.32 Å². The second-order valence-corrected chi connectivity index (χ2v) is 2.79. The van der Waals surface area contributed by atoms with Gasteiger partial charge in [0.1, 0.15) is 0 Å². The fourth-order valence-corrected chi connectivity index (χ4v) is 0.817. The van der Waals surface area contributed by atoms with E-state index in [9.17, 15) is 0 Å². The minimum absolute atomic E-state index is 1.11. The van der Waals surface area contributed by atoms with Crippen molar-refractivity contribution in [1.82, 2.24) is 4.90 Å². The molecule has 1 N–H and O–H groups in total. The van der Waals surface area contributed by atoms with E-state index in [4.69, 9.17) is 0 Å². The van der Waals surface area contributed by atoms with E-state index in [-0.39, 0.29) is 0 Å². The number of nitrogens with one attached hydrogen (secondary N) is 1. The van der Waals surface area contributed by atoms with Gasteiger partial charge in [-0.3, -0.25) is 0 Å². The Bertz CT molecular complexity index is 239. The van der Waals surface area contributed by atoms with Crippen LogP contribution in [0.25, 0.3) is 0 Å². The molecule has 0 atom stereocenters. The molecule has 12 heavy (non-hydrogen) atoms. The van der Waals surface area contributed by atoms with Gasteiger partial charge in [0, 0.05) is 32.2 Å². The van der Waals surface area contributed by atoms with Crippen LogP contribution in [-0.4, -0.2) is 19.0 Å². The molecule has 0 amide bonds. The number of benzene rings is 1. The number of hydrogen-bond donors (Lipinski definition) is 1. The molecule has 0 spiro atoms. The number of nitrogens with zero attached hydrogens (tertiary/aromatic N) is 1. The van der Waals surface area contributed by atoms with Gasteiger partial charge < -0.3 is 10.2 Å². The van der Waals surface area contributed by atoms with Crippen molar-refractivity contribution in [2.24, 2.45) is 0 Å². The molecule has 0 fully saturated rings. The van der Waals surface area contributed by atoms with Crippen molar-refractivity contribution < 1.29 is 0 Å². The summed E-state index contributed by atoms with van der Waals surface area (Å²) < 4.78 is 0. The predicted octanol–water partition coefficient (Wildman–Crippen LogP) is 2.13. The first-order valence-corrected chi connectivity index (χ1v) is 3.94. The SMILES string of the molecule is CN(C)/C=C\Nc1ccccc1. The van der Waals surface area contributed by atoms with Gasteiger partial charge in [0.15, 0.2) is 0 Å². The average Bonchev–Trinajstić information content (AvgIpc) is 2.05. The zero-order valence-electron chi connectivity index (χ0n) is 7.49. The number of para-hydroxylation sites is 1. The molecule has 1 aromatic carbocycles. The molecular weight excluding hydrogens is 148 g/mol. The zero-order chi connectivity index (χ0) is 8.81. The summed E-state index contributed by atoms with van der Waals surface area (Å²) in [4.78, 5) is 1.98. The molecule has 0 aliphatic rings. The molecule has 0 saturated carbocycles. The summed E-state index contributed by atoms with van der Waals surface area (Å²) in [7, 11) is 3.98. The Morgan fingerprint density at radius 1 is 1.17 bits per heavy atom. The summed E-state index contributed by atoms with van der Waals surface area (Å²) in [5.74, 6) is 0. The zero-order valence-corrected chi connectivity index (χ0v) is 7.49. The molecule has 0 bridgehead atoms. The van der Waals surface area contributed by atoms with Gasteiger partial charge in [0.25, 0.3) is 0 Å². The lowest BCUT2D eigenvalue weighted by Gasteiger charge is -2.04. The highest BCUT2D eigenvalue weighted by molar-refractivity contribution is 5.44. The van der Waals surface area contributed by atoms with Gasteiger partial charge in [0.2, 0.25) is 0 Å². The van der Waals surface area contributed by atoms with Crippen molar-refractivity contribution in [3.8, 4) is 0 Å². The standard InChI is InChI=1S/C10H14N2/c1-12(2)9-8-11-10-6-4-3-5-7-10/h3-9,11H,1-2H3/b9-8-. The first kappa shape index (κ1) is 8.65. The molecule has 2 nitrogen and oxygen atoms in total. The number of anilines is 1. The number of rotatable bonds is 3.